The molecule has 6 heteroatoms. The maximum atomic E-state index is 11.7. The summed E-state index contributed by atoms with van der Waals surface area (Å²) >= 11 is 2.16. The molecule has 5 nitrogen and oxygen atoms in total. The highest BCUT2D eigenvalue weighted by molar-refractivity contribution is 14.1. The van der Waals surface area contributed by atoms with E-state index in [1.165, 1.54) is 6.20 Å². The third-order valence-electron chi connectivity index (χ3n) is 2.23. The van der Waals surface area contributed by atoms with E-state index >= 15 is 0 Å². The van der Waals surface area contributed by atoms with Gasteiger partial charge in [0.1, 0.15) is 0 Å². The van der Waals surface area contributed by atoms with Crippen LogP contribution >= 0.6 is 22.6 Å². The van der Waals surface area contributed by atoms with Gasteiger partial charge in [-0.2, -0.15) is 0 Å². The molecule has 0 unspecified atom stereocenters. The molecular weight excluding hydrogens is 357 g/mol. The Balaban J connectivity index is 1.96. The van der Waals surface area contributed by atoms with E-state index in [2.05, 4.69) is 38.2 Å². The molecule has 0 aliphatic rings. The highest BCUT2D eigenvalue weighted by Crippen LogP contribution is 2.11. The zero-order valence-corrected chi connectivity index (χ0v) is 11.9. The number of hydrogen-bond donors (Lipinski definition) is 2. The lowest BCUT2D eigenvalue weighted by molar-refractivity contribution is -0.133. The molecule has 19 heavy (non-hydrogen) atoms. The van der Waals surface area contributed by atoms with Crippen molar-refractivity contribution in [3.05, 3.63) is 52.4 Å². The van der Waals surface area contributed by atoms with Gasteiger partial charge in [-0.3, -0.25) is 14.6 Å². The van der Waals surface area contributed by atoms with Crippen LogP contribution in [-0.4, -0.2) is 16.8 Å². The molecule has 2 N–H and O–H groups in total. The Morgan fingerprint density at radius 1 is 0.947 bits per heavy atom. The minimum absolute atomic E-state index is 0.477. The molecule has 96 valence electrons. The minimum atomic E-state index is -0.730. The number of anilines is 2. The summed E-state index contributed by atoms with van der Waals surface area (Å²) in [7, 11) is 0. The summed E-state index contributed by atoms with van der Waals surface area (Å²) in [6, 6.07) is 10.5. The first-order valence-corrected chi connectivity index (χ1v) is 6.51. The fourth-order valence-electron chi connectivity index (χ4n) is 1.35. The molecule has 0 saturated carbocycles. The van der Waals surface area contributed by atoms with Crippen molar-refractivity contribution in [2.45, 2.75) is 0 Å². The molecule has 0 bridgehead atoms. The number of nitrogens with zero attached hydrogens (tertiary/aromatic N) is 1. The fourth-order valence-corrected chi connectivity index (χ4v) is 1.71. The van der Waals surface area contributed by atoms with Crippen LogP contribution in [0.25, 0.3) is 0 Å². The zero-order valence-electron chi connectivity index (χ0n) is 9.76. The molecule has 2 amide bonds. The summed E-state index contributed by atoms with van der Waals surface area (Å²) < 4.78 is 1.05. The van der Waals surface area contributed by atoms with Gasteiger partial charge in [-0.15, -0.1) is 0 Å². The maximum Gasteiger partial charge on any atom is 0.314 e. The van der Waals surface area contributed by atoms with E-state index in [4.69, 9.17) is 0 Å². The smallest absolute Gasteiger partial charge is 0.314 e. The zero-order chi connectivity index (χ0) is 13.7. The number of amides is 2. The lowest BCUT2D eigenvalue weighted by atomic mass is 10.3. The average Bonchev–Trinajstić information content (AvgIpc) is 2.42. The number of carbonyl (C=O) groups excluding carboxylic acids is 2. The molecule has 2 aromatic rings. The number of benzene rings is 1. The normalized spacial score (nSPS) is 9.74. The van der Waals surface area contributed by atoms with Gasteiger partial charge >= 0.3 is 11.8 Å². The number of pyridine rings is 1. The van der Waals surface area contributed by atoms with E-state index in [1.54, 1.807) is 30.5 Å². The predicted octanol–water partition coefficient (Wildman–Crippen LogP) is 2.26. The van der Waals surface area contributed by atoms with Crippen molar-refractivity contribution >= 4 is 45.8 Å². The van der Waals surface area contributed by atoms with Gasteiger partial charge < -0.3 is 10.6 Å². The summed E-state index contributed by atoms with van der Waals surface area (Å²) in [4.78, 5) is 27.1. The largest absolute Gasteiger partial charge is 0.318 e. The first-order valence-electron chi connectivity index (χ1n) is 5.43. The number of nitrogens with one attached hydrogen (secondary N) is 2. The van der Waals surface area contributed by atoms with Crippen molar-refractivity contribution in [1.82, 2.24) is 4.98 Å². The van der Waals surface area contributed by atoms with Crippen molar-refractivity contribution in [1.29, 1.82) is 0 Å². The number of rotatable bonds is 2. The van der Waals surface area contributed by atoms with Gasteiger partial charge in [0.15, 0.2) is 0 Å². The van der Waals surface area contributed by atoms with E-state index in [1.807, 2.05) is 12.1 Å². The average molecular weight is 367 g/mol. The number of halogens is 1. The van der Waals surface area contributed by atoms with Crippen LogP contribution in [0, 0.1) is 3.57 Å². The minimum Gasteiger partial charge on any atom is -0.318 e. The summed E-state index contributed by atoms with van der Waals surface area (Å²) in [5.74, 6) is -1.45. The second-order valence-electron chi connectivity index (χ2n) is 3.66. The Hall–Kier alpha value is -1.96. The van der Waals surface area contributed by atoms with Gasteiger partial charge in [-0.05, 0) is 59.0 Å². The van der Waals surface area contributed by atoms with Crippen LogP contribution in [0.1, 0.15) is 0 Å². The van der Waals surface area contributed by atoms with Crippen LogP contribution in [0.5, 0.6) is 0 Å². The topological polar surface area (TPSA) is 71.1 Å². The van der Waals surface area contributed by atoms with E-state index in [0.29, 0.717) is 11.4 Å². The predicted molar refractivity (Wildman–Crippen MR) is 80.7 cm³/mol. The maximum absolute atomic E-state index is 11.7. The second kappa shape index (κ2) is 6.28. The fraction of sp³-hybridized carbons (Fsp3) is 0. The Morgan fingerprint density at radius 2 is 1.58 bits per heavy atom. The Bertz CT molecular complexity index is 585. The lowest BCUT2D eigenvalue weighted by Crippen LogP contribution is -2.29. The van der Waals surface area contributed by atoms with E-state index < -0.39 is 11.8 Å². The second-order valence-corrected chi connectivity index (χ2v) is 4.90. The van der Waals surface area contributed by atoms with Crippen LogP contribution in [0.15, 0.2) is 48.8 Å². The van der Waals surface area contributed by atoms with Crippen molar-refractivity contribution < 1.29 is 9.59 Å². The van der Waals surface area contributed by atoms with Crippen LogP contribution < -0.4 is 10.6 Å². The summed E-state index contributed by atoms with van der Waals surface area (Å²) in [5, 5.41) is 4.97. The molecule has 2 rings (SSSR count). The number of carbonyl (C=O) groups is 2. The Kier molecular flexibility index (Phi) is 4.45. The quantitative estimate of drug-likeness (QED) is 0.632. The summed E-state index contributed by atoms with van der Waals surface area (Å²) in [6.07, 6.45) is 3.05. The first-order chi connectivity index (χ1) is 9.15. The lowest BCUT2D eigenvalue weighted by Gasteiger charge is -2.06. The molecule has 0 saturated heterocycles. The third-order valence-corrected chi connectivity index (χ3v) is 2.95. The van der Waals surface area contributed by atoms with Crippen molar-refractivity contribution in [3.63, 3.8) is 0 Å². The molecule has 0 aliphatic heterocycles. The molecule has 1 aromatic heterocycles. The van der Waals surface area contributed by atoms with Crippen LogP contribution in [0.4, 0.5) is 11.4 Å². The van der Waals surface area contributed by atoms with Crippen LogP contribution in [0.2, 0.25) is 0 Å². The molecule has 0 atom stereocenters. The van der Waals surface area contributed by atoms with Crippen molar-refractivity contribution in [3.8, 4) is 0 Å². The van der Waals surface area contributed by atoms with Crippen molar-refractivity contribution in [2.24, 2.45) is 0 Å². The Labute approximate surface area is 123 Å². The van der Waals surface area contributed by atoms with Gasteiger partial charge in [0, 0.05) is 15.5 Å². The number of hydrogen-bond acceptors (Lipinski definition) is 3. The first kappa shape index (κ1) is 13.5. The van der Waals surface area contributed by atoms with Gasteiger partial charge in [0.25, 0.3) is 0 Å². The number of aromatic nitrogens is 1. The molecule has 1 aromatic carbocycles. The van der Waals surface area contributed by atoms with Gasteiger partial charge in [0.05, 0.1) is 11.9 Å². The summed E-state index contributed by atoms with van der Waals surface area (Å²) in [6.45, 7) is 0. The van der Waals surface area contributed by atoms with Gasteiger partial charge in [0.2, 0.25) is 0 Å². The van der Waals surface area contributed by atoms with Crippen LogP contribution in [-0.2, 0) is 9.59 Å². The van der Waals surface area contributed by atoms with E-state index in [0.717, 1.165) is 3.57 Å². The van der Waals surface area contributed by atoms with Crippen molar-refractivity contribution in [2.75, 3.05) is 10.6 Å². The molecular formula is C13H10IN3O2. The van der Waals surface area contributed by atoms with Gasteiger partial charge in [-0.1, -0.05) is 0 Å². The molecule has 0 radical (unpaired) electrons. The van der Waals surface area contributed by atoms with Gasteiger partial charge in [-0.25, -0.2) is 0 Å². The Morgan fingerprint density at radius 3 is 2.16 bits per heavy atom. The summed E-state index contributed by atoms with van der Waals surface area (Å²) in [5.41, 5.74) is 1.05. The van der Waals surface area contributed by atoms with E-state index in [-0.39, 0.29) is 0 Å². The standard InChI is InChI=1S/C13H10IN3O2/c14-9-3-5-10(6-4-9)16-12(18)13(19)17-11-2-1-7-15-8-11/h1-8H,(H,16,18)(H,17,19). The highest BCUT2D eigenvalue weighted by atomic mass is 127. The SMILES string of the molecule is O=C(Nc1ccc(I)cc1)C(=O)Nc1cccnc1. The molecule has 0 aliphatic carbocycles. The molecule has 0 fully saturated rings. The molecule has 1 heterocycles. The van der Waals surface area contributed by atoms with Crippen LogP contribution in [0.3, 0.4) is 0 Å². The molecule has 0 spiro atoms. The highest BCUT2D eigenvalue weighted by Gasteiger charge is 2.13. The van der Waals surface area contributed by atoms with E-state index in [9.17, 15) is 9.59 Å². The monoisotopic (exact) mass is 367 g/mol. The third kappa shape index (κ3) is 4.02.